The lowest BCUT2D eigenvalue weighted by Crippen LogP contribution is -2.39. The number of nitrogens with two attached hydrogens (primary N) is 2. The Kier molecular flexibility index (Phi) is 5.67. The monoisotopic (exact) mass is 278 g/mol. The third-order valence-corrected chi connectivity index (χ3v) is 2.49. The third-order valence-electron chi connectivity index (χ3n) is 2.49. The predicted molar refractivity (Wildman–Crippen MR) is 74.9 cm³/mol. The summed E-state index contributed by atoms with van der Waals surface area (Å²) in [7, 11) is 0. The van der Waals surface area contributed by atoms with Crippen molar-refractivity contribution in [2.24, 2.45) is 11.5 Å². The molecule has 1 rings (SSSR count). The summed E-state index contributed by atoms with van der Waals surface area (Å²) in [6, 6.07) is 5.40. The molecule has 1 atom stereocenters. The fourth-order valence-corrected chi connectivity index (χ4v) is 1.55. The van der Waals surface area contributed by atoms with Crippen molar-refractivity contribution >= 4 is 23.4 Å². The number of amides is 3. The maximum absolute atomic E-state index is 11.7. The first-order valence-corrected chi connectivity index (χ1v) is 6.17. The zero-order valence-electron chi connectivity index (χ0n) is 11.2. The number of carbonyl (C=O) groups excluding carboxylic acids is 3. The average molecular weight is 278 g/mol. The lowest BCUT2D eigenvalue weighted by molar-refractivity contribution is -0.123. The van der Waals surface area contributed by atoms with Crippen molar-refractivity contribution < 1.29 is 14.4 Å². The molecule has 0 aliphatic heterocycles. The highest BCUT2D eigenvalue weighted by Gasteiger charge is 2.16. The predicted octanol–water partition coefficient (Wildman–Crippen LogP) is -0.422. The Morgan fingerprint density at radius 3 is 2.60 bits per heavy atom. The first-order valence-electron chi connectivity index (χ1n) is 6.17. The number of hydrogen-bond donors (Lipinski definition) is 4. The molecule has 0 bridgehead atoms. The van der Waals surface area contributed by atoms with Crippen molar-refractivity contribution in [1.82, 2.24) is 5.32 Å². The molecule has 0 radical (unpaired) electrons. The van der Waals surface area contributed by atoms with E-state index in [4.69, 9.17) is 11.5 Å². The van der Waals surface area contributed by atoms with E-state index in [9.17, 15) is 14.4 Å². The van der Waals surface area contributed by atoms with Gasteiger partial charge in [0.25, 0.3) is 5.91 Å². The van der Waals surface area contributed by atoms with Crippen molar-refractivity contribution in [2.75, 3.05) is 11.9 Å². The summed E-state index contributed by atoms with van der Waals surface area (Å²) in [6.07, 6.45) is -0.234. The van der Waals surface area contributed by atoms with Crippen molar-refractivity contribution in [3.05, 3.63) is 29.8 Å². The molecule has 1 unspecified atom stereocenters. The van der Waals surface area contributed by atoms with Crippen LogP contribution in [0.3, 0.4) is 0 Å². The molecule has 7 nitrogen and oxygen atoms in total. The molecule has 1 aromatic carbocycles. The molecule has 0 fully saturated rings. The van der Waals surface area contributed by atoms with Crippen LogP contribution in [0, 0.1) is 0 Å². The summed E-state index contributed by atoms with van der Waals surface area (Å²) in [5.41, 5.74) is 11.3. The molecular formula is C13H18N4O3. The molecule has 20 heavy (non-hydrogen) atoms. The largest absolute Gasteiger partial charge is 0.370 e. The number of benzene rings is 1. The SMILES string of the molecule is CCNC(=O)c1cccc(NC(=O)C(N)CC(N)=O)c1. The van der Waals surface area contributed by atoms with Crippen LogP contribution < -0.4 is 22.1 Å². The normalized spacial score (nSPS) is 11.5. The minimum Gasteiger partial charge on any atom is -0.370 e. The van der Waals surface area contributed by atoms with Gasteiger partial charge in [0.15, 0.2) is 0 Å². The zero-order valence-corrected chi connectivity index (χ0v) is 11.2. The summed E-state index contributed by atoms with van der Waals surface area (Å²) in [6.45, 7) is 2.32. The van der Waals surface area contributed by atoms with Gasteiger partial charge >= 0.3 is 0 Å². The van der Waals surface area contributed by atoms with E-state index in [1.165, 1.54) is 6.07 Å². The standard InChI is InChI=1S/C13H18N4O3/c1-2-16-12(19)8-4-3-5-9(6-8)17-13(20)10(14)7-11(15)18/h3-6,10H,2,7,14H2,1H3,(H2,15,18)(H,16,19)(H,17,20). The number of anilines is 1. The Labute approximate surface area is 116 Å². The first kappa shape index (κ1) is 15.6. The number of nitrogens with one attached hydrogen (secondary N) is 2. The van der Waals surface area contributed by atoms with Gasteiger partial charge in [0.05, 0.1) is 12.5 Å². The molecule has 6 N–H and O–H groups in total. The molecule has 0 spiro atoms. The van der Waals surface area contributed by atoms with Crippen LogP contribution in [-0.4, -0.2) is 30.3 Å². The second-order valence-electron chi connectivity index (χ2n) is 4.21. The molecule has 0 saturated carbocycles. The Balaban J connectivity index is 2.73. The van der Waals surface area contributed by atoms with Crippen LogP contribution in [0.1, 0.15) is 23.7 Å². The summed E-state index contributed by atoms with van der Waals surface area (Å²) in [5, 5.41) is 5.19. The summed E-state index contributed by atoms with van der Waals surface area (Å²) in [5.74, 6) is -1.41. The Morgan fingerprint density at radius 1 is 1.30 bits per heavy atom. The van der Waals surface area contributed by atoms with E-state index in [0.717, 1.165) is 0 Å². The fraction of sp³-hybridized carbons (Fsp3) is 0.308. The van der Waals surface area contributed by atoms with E-state index in [2.05, 4.69) is 10.6 Å². The quantitative estimate of drug-likeness (QED) is 0.563. The van der Waals surface area contributed by atoms with Crippen LogP contribution in [-0.2, 0) is 9.59 Å². The highest BCUT2D eigenvalue weighted by molar-refractivity contribution is 5.99. The van der Waals surface area contributed by atoms with Crippen LogP contribution in [0.15, 0.2) is 24.3 Å². The number of hydrogen-bond acceptors (Lipinski definition) is 4. The van der Waals surface area contributed by atoms with Crippen LogP contribution in [0.2, 0.25) is 0 Å². The van der Waals surface area contributed by atoms with E-state index >= 15 is 0 Å². The van der Waals surface area contributed by atoms with Crippen LogP contribution in [0.25, 0.3) is 0 Å². The van der Waals surface area contributed by atoms with Gasteiger partial charge < -0.3 is 22.1 Å². The highest BCUT2D eigenvalue weighted by atomic mass is 16.2. The van der Waals surface area contributed by atoms with E-state index in [1.54, 1.807) is 18.2 Å². The van der Waals surface area contributed by atoms with Gasteiger partial charge in [0.2, 0.25) is 11.8 Å². The maximum atomic E-state index is 11.7. The molecule has 7 heteroatoms. The topological polar surface area (TPSA) is 127 Å². The van der Waals surface area contributed by atoms with Crippen LogP contribution in [0.5, 0.6) is 0 Å². The second-order valence-corrected chi connectivity index (χ2v) is 4.21. The van der Waals surface area contributed by atoms with Gasteiger partial charge in [-0.1, -0.05) is 6.07 Å². The van der Waals surface area contributed by atoms with Gasteiger partial charge in [-0.3, -0.25) is 14.4 Å². The fourth-order valence-electron chi connectivity index (χ4n) is 1.55. The minimum absolute atomic E-state index is 0.231. The summed E-state index contributed by atoms with van der Waals surface area (Å²) < 4.78 is 0. The molecule has 0 aromatic heterocycles. The Bertz CT molecular complexity index is 516. The Morgan fingerprint density at radius 2 is 2.00 bits per heavy atom. The molecular weight excluding hydrogens is 260 g/mol. The van der Waals surface area contributed by atoms with Gasteiger partial charge in [0, 0.05) is 17.8 Å². The molecule has 108 valence electrons. The second kappa shape index (κ2) is 7.25. The summed E-state index contributed by atoms with van der Waals surface area (Å²) in [4.78, 5) is 34.1. The van der Waals surface area contributed by atoms with E-state index in [1.807, 2.05) is 6.92 Å². The van der Waals surface area contributed by atoms with Crippen molar-refractivity contribution in [1.29, 1.82) is 0 Å². The van der Waals surface area contributed by atoms with Gasteiger partial charge in [-0.05, 0) is 25.1 Å². The third kappa shape index (κ3) is 4.69. The number of rotatable bonds is 6. The van der Waals surface area contributed by atoms with Crippen LogP contribution >= 0.6 is 0 Å². The van der Waals surface area contributed by atoms with Crippen LogP contribution in [0.4, 0.5) is 5.69 Å². The van der Waals surface area contributed by atoms with E-state index < -0.39 is 17.9 Å². The molecule has 0 aliphatic rings. The van der Waals surface area contributed by atoms with Crippen molar-refractivity contribution in [2.45, 2.75) is 19.4 Å². The lowest BCUT2D eigenvalue weighted by Gasteiger charge is -2.11. The van der Waals surface area contributed by atoms with Gasteiger partial charge in [0.1, 0.15) is 0 Å². The highest BCUT2D eigenvalue weighted by Crippen LogP contribution is 2.11. The molecule has 0 aliphatic carbocycles. The van der Waals surface area contributed by atoms with Crippen molar-refractivity contribution in [3.8, 4) is 0 Å². The lowest BCUT2D eigenvalue weighted by atomic mass is 10.1. The molecule has 1 aromatic rings. The van der Waals surface area contributed by atoms with Crippen molar-refractivity contribution in [3.63, 3.8) is 0 Å². The number of primary amides is 1. The average Bonchev–Trinajstić information content (AvgIpc) is 2.38. The first-order chi connectivity index (χ1) is 9.43. The molecule has 0 saturated heterocycles. The minimum atomic E-state index is -1.01. The van der Waals surface area contributed by atoms with E-state index in [0.29, 0.717) is 17.8 Å². The van der Waals surface area contributed by atoms with Gasteiger partial charge in [-0.15, -0.1) is 0 Å². The maximum Gasteiger partial charge on any atom is 0.251 e. The van der Waals surface area contributed by atoms with E-state index in [-0.39, 0.29) is 12.3 Å². The zero-order chi connectivity index (χ0) is 15.1. The smallest absolute Gasteiger partial charge is 0.251 e. The van der Waals surface area contributed by atoms with Gasteiger partial charge in [-0.2, -0.15) is 0 Å². The van der Waals surface area contributed by atoms with Gasteiger partial charge in [-0.25, -0.2) is 0 Å². The molecule has 3 amide bonds. The number of carbonyl (C=O) groups is 3. The molecule has 0 heterocycles. The Hall–Kier alpha value is -2.41. The summed E-state index contributed by atoms with van der Waals surface area (Å²) >= 11 is 0.